The molecular weight excluding hydrogens is 172 g/mol. The van der Waals surface area contributed by atoms with Crippen LogP contribution in [0.3, 0.4) is 0 Å². The third-order valence-electron chi connectivity index (χ3n) is 4.20. The largest absolute Gasteiger partial charge is 0.317 e. The van der Waals surface area contributed by atoms with Crippen molar-refractivity contribution in [3.63, 3.8) is 0 Å². The lowest BCUT2D eigenvalue weighted by molar-refractivity contribution is 0.0537. The molecule has 0 aromatic heterocycles. The van der Waals surface area contributed by atoms with Gasteiger partial charge in [0.05, 0.1) is 0 Å². The van der Waals surface area contributed by atoms with Gasteiger partial charge in [-0.1, -0.05) is 6.92 Å². The summed E-state index contributed by atoms with van der Waals surface area (Å²) in [5.74, 6) is 0.902. The second-order valence-corrected chi connectivity index (χ2v) is 5.08. The monoisotopic (exact) mass is 196 g/mol. The SMILES string of the molecule is CC1CCCN(C2CCNCC2)C1C. The third-order valence-corrected chi connectivity index (χ3v) is 4.20. The Bertz CT molecular complexity index is 175. The molecular formula is C12H24N2. The molecule has 14 heavy (non-hydrogen) atoms. The minimum Gasteiger partial charge on any atom is -0.317 e. The predicted molar refractivity (Wildman–Crippen MR) is 60.5 cm³/mol. The molecule has 2 heteroatoms. The maximum absolute atomic E-state index is 3.45. The zero-order valence-electron chi connectivity index (χ0n) is 9.63. The van der Waals surface area contributed by atoms with Crippen LogP contribution in [0.1, 0.15) is 39.5 Å². The van der Waals surface area contributed by atoms with Crippen molar-refractivity contribution in [2.24, 2.45) is 5.92 Å². The lowest BCUT2D eigenvalue weighted by Gasteiger charge is -2.44. The predicted octanol–water partition coefficient (Wildman–Crippen LogP) is 1.86. The summed E-state index contributed by atoms with van der Waals surface area (Å²) < 4.78 is 0. The average molecular weight is 196 g/mol. The van der Waals surface area contributed by atoms with Gasteiger partial charge in [0, 0.05) is 12.1 Å². The first-order chi connectivity index (χ1) is 6.79. The van der Waals surface area contributed by atoms with E-state index in [1.54, 1.807) is 0 Å². The van der Waals surface area contributed by atoms with Crippen molar-refractivity contribution >= 4 is 0 Å². The Labute approximate surface area is 88.1 Å². The van der Waals surface area contributed by atoms with E-state index in [0.717, 1.165) is 18.0 Å². The van der Waals surface area contributed by atoms with E-state index >= 15 is 0 Å². The van der Waals surface area contributed by atoms with E-state index in [0.29, 0.717) is 0 Å². The third kappa shape index (κ3) is 2.12. The Morgan fingerprint density at radius 3 is 2.50 bits per heavy atom. The minimum absolute atomic E-state index is 0.812. The summed E-state index contributed by atoms with van der Waals surface area (Å²) in [6.07, 6.45) is 5.56. The van der Waals surface area contributed by atoms with Crippen LogP contribution in [0.15, 0.2) is 0 Å². The van der Waals surface area contributed by atoms with Crippen LogP contribution in [0.5, 0.6) is 0 Å². The van der Waals surface area contributed by atoms with Crippen LogP contribution >= 0.6 is 0 Å². The van der Waals surface area contributed by atoms with Gasteiger partial charge in [-0.25, -0.2) is 0 Å². The molecule has 0 amide bonds. The fraction of sp³-hybridized carbons (Fsp3) is 1.00. The van der Waals surface area contributed by atoms with Crippen LogP contribution in [-0.4, -0.2) is 36.6 Å². The summed E-state index contributed by atoms with van der Waals surface area (Å²) in [6.45, 7) is 8.63. The molecule has 0 aromatic rings. The van der Waals surface area contributed by atoms with E-state index in [9.17, 15) is 0 Å². The summed E-state index contributed by atoms with van der Waals surface area (Å²) in [4.78, 5) is 2.77. The number of likely N-dealkylation sites (tertiary alicyclic amines) is 1. The van der Waals surface area contributed by atoms with Crippen molar-refractivity contribution in [1.29, 1.82) is 0 Å². The number of piperidine rings is 2. The fourth-order valence-corrected chi connectivity index (χ4v) is 3.02. The first-order valence-electron chi connectivity index (χ1n) is 6.25. The Morgan fingerprint density at radius 1 is 1.07 bits per heavy atom. The van der Waals surface area contributed by atoms with Gasteiger partial charge in [0.2, 0.25) is 0 Å². The van der Waals surface area contributed by atoms with Crippen LogP contribution in [0.4, 0.5) is 0 Å². The summed E-state index contributed by atoms with van der Waals surface area (Å²) in [5.41, 5.74) is 0. The van der Waals surface area contributed by atoms with Crippen molar-refractivity contribution in [2.75, 3.05) is 19.6 Å². The Kier molecular flexibility index (Phi) is 3.45. The van der Waals surface area contributed by atoms with Gasteiger partial charge in [0.1, 0.15) is 0 Å². The van der Waals surface area contributed by atoms with Gasteiger partial charge < -0.3 is 5.32 Å². The molecule has 1 N–H and O–H groups in total. The van der Waals surface area contributed by atoms with E-state index in [2.05, 4.69) is 24.1 Å². The quantitative estimate of drug-likeness (QED) is 0.688. The molecule has 2 aliphatic rings. The van der Waals surface area contributed by atoms with Gasteiger partial charge in [-0.2, -0.15) is 0 Å². The van der Waals surface area contributed by atoms with Gasteiger partial charge in [-0.15, -0.1) is 0 Å². The van der Waals surface area contributed by atoms with Crippen molar-refractivity contribution < 1.29 is 0 Å². The molecule has 2 atom stereocenters. The topological polar surface area (TPSA) is 15.3 Å². The molecule has 2 saturated heterocycles. The standard InChI is InChI=1S/C12H24N2/c1-10-4-3-9-14(11(10)2)12-5-7-13-8-6-12/h10-13H,3-9H2,1-2H3. The first-order valence-corrected chi connectivity index (χ1v) is 6.25. The minimum atomic E-state index is 0.812. The molecule has 0 aliphatic carbocycles. The average Bonchev–Trinajstić information content (AvgIpc) is 2.23. The molecule has 2 heterocycles. The molecule has 2 nitrogen and oxygen atoms in total. The van der Waals surface area contributed by atoms with Crippen LogP contribution in [0, 0.1) is 5.92 Å². The van der Waals surface area contributed by atoms with Gasteiger partial charge in [0.15, 0.2) is 0 Å². The molecule has 0 radical (unpaired) electrons. The summed E-state index contributed by atoms with van der Waals surface area (Å²) >= 11 is 0. The van der Waals surface area contributed by atoms with Crippen molar-refractivity contribution in [3.8, 4) is 0 Å². The summed E-state index contributed by atoms with van der Waals surface area (Å²) in [5, 5.41) is 3.45. The Hall–Kier alpha value is -0.0800. The van der Waals surface area contributed by atoms with E-state index in [1.807, 2.05) is 0 Å². The zero-order valence-corrected chi connectivity index (χ0v) is 9.63. The second kappa shape index (κ2) is 4.63. The summed E-state index contributed by atoms with van der Waals surface area (Å²) in [6, 6.07) is 1.68. The highest BCUT2D eigenvalue weighted by Crippen LogP contribution is 2.27. The van der Waals surface area contributed by atoms with Gasteiger partial charge >= 0.3 is 0 Å². The highest BCUT2D eigenvalue weighted by Gasteiger charge is 2.30. The normalized spacial score (nSPS) is 37.3. The maximum atomic E-state index is 3.45. The van der Waals surface area contributed by atoms with Crippen LogP contribution in [0.25, 0.3) is 0 Å². The zero-order chi connectivity index (χ0) is 9.97. The summed E-state index contributed by atoms with van der Waals surface area (Å²) in [7, 11) is 0. The molecule has 2 fully saturated rings. The Balaban J connectivity index is 1.93. The van der Waals surface area contributed by atoms with Gasteiger partial charge in [-0.05, 0) is 58.2 Å². The van der Waals surface area contributed by atoms with E-state index < -0.39 is 0 Å². The molecule has 2 rings (SSSR count). The fourth-order valence-electron chi connectivity index (χ4n) is 3.02. The molecule has 82 valence electrons. The lowest BCUT2D eigenvalue weighted by atomic mass is 9.89. The molecule has 2 aliphatic heterocycles. The molecule has 0 spiro atoms. The van der Waals surface area contributed by atoms with Crippen molar-refractivity contribution in [3.05, 3.63) is 0 Å². The molecule has 2 unspecified atom stereocenters. The van der Waals surface area contributed by atoms with Crippen molar-refractivity contribution in [1.82, 2.24) is 10.2 Å². The molecule has 0 aromatic carbocycles. The maximum Gasteiger partial charge on any atom is 0.0122 e. The molecule has 0 bridgehead atoms. The van der Waals surface area contributed by atoms with Gasteiger partial charge in [0.25, 0.3) is 0 Å². The van der Waals surface area contributed by atoms with Crippen LogP contribution in [0.2, 0.25) is 0 Å². The lowest BCUT2D eigenvalue weighted by Crippen LogP contribution is -2.51. The number of nitrogens with zero attached hydrogens (tertiary/aromatic N) is 1. The number of rotatable bonds is 1. The first kappa shape index (κ1) is 10.4. The number of hydrogen-bond donors (Lipinski definition) is 1. The smallest absolute Gasteiger partial charge is 0.0122 e. The van der Waals surface area contributed by atoms with Crippen molar-refractivity contribution in [2.45, 2.75) is 51.6 Å². The highest BCUT2D eigenvalue weighted by molar-refractivity contribution is 4.86. The van der Waals surface area contributed by atoms with Gasteiger partial charge in [-0.3, -0.25) is 4.90 Å². The highest BCUT2D eigenvalue weighted by atomic mass is 15.2. The van der Waals surface area contributed by atoms with Crippen LogP contribution in [-0.2, 0) is 0 Å². The van der Waals surface area contributed by atoms with Crippen LogP contribution < -0.4 is 5.32 Å². The van der Waals surface area contributed by atoms with E-state index in [1.165, 1.54) is 45.3 Å². The molecule has 0 saturated carbocycles. The van der Waals surface area contributed by atoms with E-state index in [4.69, 9.17) is 0 Å². The Morgan fingerprint density at radius 2 is 1.79 bits per heavy atom. The number of hydrogen-bond acceptors (Lipinski definition) is 2. The van der Waals surface area contributed by atoms with E-state index in [-0.39, 0.29) is 0 Å². The number of nitrogens with one attached hydrogen (secondary N) is 1. The second-order valence-electron chi connectivity index (χ2n) is 5.08.